The van der Waals surface area contributed by atoms with Crippen LogP contribution in [0.5, 0.6) is 0 Å². The number of amides is 4. The number of nitrogens with zero attached hydrogens (tertiary/aromatic N) is 2. The van der Waals surface area contributed by atoms with Gasteiger partial charge in [0.2, 0.25) is 23.6 Å². The maximum absolute atomic E-state index is 14.9. The number of aliphatic hydroxyl groups excluding tert-OH is 1. The maximum atomic E-state index is 14.9. The van der Waals surface area contributed by atoms with E-state index in [-0.39, 0.29) is 75.4 Å². The molecule has 6 atom stereocenters. The zero-order valence-electron chi connectivity index (χ0n) is 33.2. The van der Waals surface area contributed by atoms with Gasteiger partial charge in [-0.3, -0.25) is 19.2 Å². The fourth-order valence-electron chi connectivity index (χ4n) is 6.72. The molecule has 2 aromatic carbocycles. The topological polar surface area (TPSA) is 164 Å². The minimum Gasteiger partial charge on any atom is -0.391 e. The molecule has 4 amide bonds. The third kappa shape index (κ3) is 12.4. The first-order valence-electron chi connectivity index (χ1n) is 19.2. The number of aromatic nitrogens is 1. The molecule has 0 saturated carbocycles. The van der Waals surface area contributed by atoms with E-state index in [0.717, 1.165) is 27.3 Å². The number of likely N-dealkylation sites (tertiary alicyclic amines) is 1. The number of carbonyl (C=O) groups excluding carboxylic acids is 4. The van der Waals surface area contributed by atoms with Crippen molar-refractivity contribution in [1.29, 1.82) is 0 Å². The van der Waals surface area contributed by atoms with E-state index >= 15 is 0 Å². The highest BCUT2D eigenvalue weighted by molar-refractivity contribution is 7.13. The van der Waals surface area contributed by atoms with Crippen LogP contribution in [0, 0.1) is 24.1 Å². The number of hydrogen-bond acceptors (Lipinski definition) is 8. The van der Waals surface area contributed by atoms with Crippen LogP contribution < -0.4 is 16.4 Å². The Labute approximate surface area is 330 Å². The van der Waals surface area contributed by atoms with E-state index in [1.807, 2.05) is 84.3 Å². The Morgan fingerprint density at radius 3 is 2.40 bits per heavy atom. The van der Waals surface area contributed by atoms with Crippen molar-refractivity contribution in [3.63, 3.8) is 0 Å². The van der Waals surface area contributed by atoms with E-state index < -0.39 is 29.5 Å². The van der Waals surface area contributed by atoms with E-state index in [4.69, 9.17) is 10.5 Å². The normalized spacial score (nSPS) is 18.0. The van der Waals surface area contributed by atoms with Crippen LogP contribution in [0.4, 0.5) is 4.39 Å². The molecule has 1 aliphatic rings. The summed E-state index contributed by atoms with van der Waals surface area (Å²) in [6, 6.07) is 10.8. The lowest BCUT2D eigenvalue weighted by molar-refractivity contribution is -0.144. The summed E-state index contributed by atoms with van der Waals surface area (Å²) in [6.45, 7) is 13.4. The van der Waals surface area contributed by atoms with Gasteiger partial charge in [0.25, 0.3) is 0 Å². The average molecular weight is 782 g/mol. The zero-order valence-corrected chi connectivity index (χ0v) is 34.0. The number of unbranched alkanes of at least 4 members (excludes halogenated alkanes) is 1. The number of nitrogens with two attached hydrogens (primary N) is 1. The van der Waals surface area contributed by atoms with Crippen LogP contribution in [-0.2, 0) is 36.9 Å². The molecule has 3 aromatic rings. The van der Waals surface area contributed by atoms with Crippen LogP contribution >= 0.6 is 11.3 Å². The van der Waals surface area contributed by atoms with Crippen LogP contribution in [0.15, 0.2) is 48.0 Å². The van der Waals surface area contributed by atoms with Gasteiger partial charge in [0.05, 0.1) is 40.9 Å². The van der Waals surface area contributed by atoms with Crippen molar-refractivity contribution in [1.82, 2.24) is 20.5 Å². The van der Waals surface area contributed by atoms with Crippen LogP contribution in [0.1, 0.15) is 110 Å². The number of carbonyl (C=O) groups is 4. The number of aliphatic hydroxyl groups is 1. The van der Waals surface area contributed by atoms with Crippen molar-refractivity contribution >= 4 is 35.0 Å². The standard InChI is InChI=1S/C42H58FN5O6S.H2/c1-25(12-19-36(44)50)28(4)54-23-32-14-13-29(20-34(32)43)10-8-9-11-37(51)47-39(42(5,6)7)41(53)48-22-33(49)21-35(48)40(52)46-26(2)30-15-17-31(18-16-30)38-27(3)45-24-55-38;/h13-18,20,24-26,28,33,35,39,49H,8-12,19,21-23H2,1-7H3,(H2,44,50)(H,46,52)(H,47,51);1H/t25-,26-,28+,33+,35-,39+;/m0./s1. The van der Waals surface area contributed by atoms with E-state index in [1.54, 1.807) is 17.4 Å². The Hall–Kier alpha value is -4.20. The van der Waals surface area contributed by atoms with Crippen LogP contribution in [0.2, 0.25) is 0 Å². The Bertz CT molecular complexity index is 1780. The third-order valence-corrected chi connectivity index (χ3v) is 11.4. The summed E-state index contributed by atoms with van der Waals surface area (Å²) in [5, 5.41) is 16.5. The third-order valence-electron chi connectivity index (χ3n) is 10.4. The quantitative estimate of drug-likeness (QED) is 0.109. The van der Waals surface area contributed by atoms with E-state index in [9.17, 15) is 28.7 Å². The second-order valence-corrected chi connectivity index (χ2v) is 16.9. The molecular weight excluding hydrogens is 722 g/mol. The molecule has 5 N–H and O–H groups in total. The summed E-state index contributed by atoms with van der Waals surface area (Å²) in [5.74, 6) is -1.68. The summed E-state index contributed by atoms with van der Waals surface area (Å²) in [4.78, 5) is 58.6. The predicted octanol–water partition coefficient (Wildman–Crippen LogP) is 6.39. The zero-order chi connectivity index (χ0) is 40.4. The Morgan fingerprint density at radius 1 is 1.07 bits per heavy atom. The van der Waals surface area contributed by atoms with Crippen LogP contribution in [0.3, 0.4) is 0 Å². The van der Waals surface area contributed by atoms with Gasteiger partial charge in [0.1, 0.15) is 17.9 Å². The Kier molecular flexibility index (Phi) is 15.5. The smallest absolute Gasteiger partial charge is 0.246 e. The molecule has 1 fully saturated rings. The van der Waals surface area contributed by atoms with Gasteiger partial charge in [-0.2, -0.15) is 0 Å². The fourth-order valence-corrected chi connectivity index (χ4v) is 7.53. The number of ether oxygens (including phenoxy) is 1. The van der Waals surface area contributed by atoms with Gasteiger partial charge in [-0.05, 0) is 80.5 Å². The van der Waals surface area contributed by atoms with Crippen molar-refractivity contribution in [3.8, 4) is 10.4 Å². The van der Waals surface area contributed by atoms with Crippen LogP contribution in [-0.4, -0.2) is 69.5 Å². The summed E-state index contributed by atoms with van der Waals surface area (Å²) >= 11 is 1.57. The minimum atomic E-state index is -0.918. The first-order valence-corrected chi connectivity index (χ1v) is 20.1. The van der Waals surface area contributed by atoms with Gasteiger partial charge < -0.3 is 31.1 Å². The second kappa shape index (κ2) is 19.6. The molecular formula is C42H60FN5O6S. The number of benzene rings is 2. The lowest BCUT2D eigenvalue weighted by atomic mass is 9.85. The molecule has 1 aliphatic heterocycles. The Morgan fingerprint density at radius 2 is 1.78 bits per heavy atom. The SMILES string of the molecule is Cc1ncsc1-c1ccc([C@H](C)NC(=O)[C@@H]2C[C@@H](O)CN2C(=O)[C@@H](NC(=O)CCCCc2ccc(CO[C@H](C)[C@@H](C)CCC(N)=O)c(F)c2)C(C)(C)C)cc1.[HH]. The number of halogens is 1. The highest BCUT2D eigenvalue weighted by Gasteiger charge is 2.44. The predicted molar refractivity (Wildman–Crippen MR) is 214 cm³/mol. The molecule has 1 saturated heterocycles. The van der Waals surface area contributed by atoms with Gasteiger partial charge in [0, 0.05) is 32.8 Å². The number of β-amino-alcohol motifs (C(OH)–C–C–N with tert-alkyl or cyclic N) is 1. The number of nitrogens with one attached hydrogen (secondary N) is 2. The van der Waals surface area contributed by atoms with Gasteiger partial charge >= 0.3 is 0 Å². The van der Waals surface area contributed by atoms with Gasteiger partial charge in [-0.25, -0.2) is 9.37 Å². The number of thiazole rings is 1. The molecule has 13 heteroatoms. The summed E-state index contributed by atoms with van der Waals surface area (Å²) < 4.78 is 20.7. The molecule has 0 spiro atoms. The highest BCUT2D eigenvalue weighted by atomic mass is 32.1. The van der Waals surface area contributed by atoms with Crippen molar-refractivity contribution in [2.45, 2.75) is 130 Å². The first-order chi connectivity index (χ1) is 25.9. The molecule has 302 valence electrons. The summed E-state index contributed by atoms with van der Waals surface area (Å²) in [6.07, 6.45) is 1.87. The maximum Gasteiger partial charge on any atom is 0.246 e. The van der Waals surface area contributed by atoms with Crippen LogP contribution in [0.25, 0.3) is 10.4 Å². The average Bonchev–Trinajstić information content (AvgIpc) is 3.75. The lowest BCUT2D eigenvalue weighted by Gasteiger charge is -2.35. The molecule has 4 rings (SSSR count). The monoisotopic (exact) mass is 781 g/mol. The summed E-state index contributed by atoms with van der Waals surface area (Å²) in [5.41, 5.74) is 10.5. The van der Waals surface area contributed by atoms with E-state index in [2.05, 4.69) is 15.6 Å². The largest absolute Gasteiger partial charge is 0.391 e. The minimum absolute atomic E-state index is 0. The number of hydrogen-bond donors (Lipinski definition) is 4. The number of rotatable bonds is 18. The molecule has 2 heterocycles. The van der Waals surface area contributed by atoms with Gasteiger partial charge in [-0.15, -0.1) is 11.3 Å². The molecule has 0 unspecified atom stereocenters. The van der Waals surface area contributed by atoms with Gasteiger partial charge in [-0.1, -0.05) is 64.1 Å². The van der Waals surface area contributed by atoms with Crippen molar-refractivity contribution in [3.05, 3.63) is 76.2 Å². The van der Waals surface area contributed by atoms with Crippen molar-refractivity contribution in [2.24, 2.45) is 17.1 Å². The Balaban J connectivity index is 0.00000841. The molecule has 55 heavy (non-hydrogen) atoms. The highest BCUT2D eigenvalue weighted by Crippen LogP contribution is 2.30. The second-order valence-electron chi connectivity index (χ2n) is 16.0. The number of primary amides is 1. The van der Waals surface area contributed by atoms with E-state index in [0.29, 0.717) is 31.2 Å². The molecule has 11 nitrogen and oxygen atoms in total. The lowest BCUT2D eigenvalue weighted by Crippen LogP contribution is -2.57. The molecule has 0 bridgehead atoms. The van der Waals surface area contributed by atoms with Crippen molar-refractivity contribution in [2.75, 3.05) is 6.54 Å². The summed E-state index contributed by atoms with van der Waals surface area (Å²) in [7, 11) is 0. The molecule has 0 aliphatic carbocycles. The van der Waals surface area contributed by atoms with Gasteiger partial charge in [0.15, 0.2) is 0 Å². The molecule has 1 aromatic heterocycles. The first kappa shape index (κ1) is 43.5. The number of aryl methyl sites for hydroxylation is 2. The fraction of sp³-hybridized carbons (Fsp3) is 0.548. The molecule has 0 radical (unpaired) electrons. The van der Waals surface area contributed by atoms with Crippen molar-refractivity contribution < 1.29 is 34.8 Å². The van der Waals surface area contributed by atoms with E-state index in [1.165, 1.54) is 11.0 Å².